The van der Waals surface area contributed by atoms with E-state index in [0.29, 0.717) is 18.1 Å². The fourth-order valence-electron chi connectivity index (χ4n) is 1.87. The number of anilines is 1. The molecule has 1 aromatic heterocycles. The van der Waals surface area contributed by atoms with Gasteiger partial charge in [-0.2, -0.15) is 5.26 Å². The Balaban J connectivity index is 2.15. The fraction of sp³-hybridized carbons (Fsp3) is 0.267. The molecule has 0 aliphatic carbocycles. The van der Waals surface area contributed by atoms with Crippen LogP contribution in [0.3, 0.4) is 0 Å². The number of halogens is 1. The molecule has 0 atom stereocenters. The van der Waals surface area contributed by atoms with Gasteiger partial charge in [0.2, 0.25) is 0 Å². The Morgan fingerprint density at radius 1 is 1.30 bits per heavy atom. The van der Waals surface area contributed by atoms with E-state index in [4.69, 9.17) is 5.26 Å². The minimum absolute atomic E-state index is 0.0893. The summed E-state index contributed by atoms with van der Waals surface area (Å²) in [7, 11) is 0. The van der Waals surface area contributed by atoms with Crippen molar-refractivity contribution in [1.82, 2.24) is 9.97 Å². The largest absolute Gasteiger partial charge is 0.367 e. The van der Waals surface area contributed by atoms with Crippen molar-refractivity contribution in [2.45, 2.75) is 19.3 Å². The predicted molar refractivity (Wildman–Crippen MR) is 82.4 cm³/mol. The summed E-state index contributed by atoms with van der Waals surface area (Å²) in [5.74, 6) is 0.526. The van der Waals surface area contributed by atoms with Crippen molar-refractivity contribution in [2.24, 2.45) is 0 Å². The van der Waals surface area contributed by atoms with E-state index >= 15 is 0 Å². The average Bonchev–Trinajstić information content (AvgIpc) is 2.45. The molecule has 1 N–H and O–H groups in total. The highest BCUT2D eigenvalue weighted by Gasteiger charge is 2.21. The first kappa shape index (κ1) is 14.5. The van der Waals surface area contributed by atoms with E-state index in [2.05, 4.69) is 57.2 Å². The zero-order chi connectivity index (χ0) is 14.6. The summed E-state index contributed by atoms with van der Waals surface area (Å²) < 4.78 is 1.06. The number of aromatic nitrogens is 2. The van der Waals surface area contributed by atoms with Gasteiger partial charge in [0.15, 0.2) is 11.5 Å². The highest BCUT2D eigenvalue weighted by atomic mass is 79.9. The standard InChI is InChI=1S/C15H15BrN4/c1-15(2,11-4-3-5-12(16)8-11)10-20-14-13(9-17)18-6-7-19-14/h3-8H,10H2,1-2H3,(H,19,20). The first-order valence-electron chi connectivity index (χ1n) is 6.24. The third-order valence-electron chi connectivity index (χ3n) is 3.11. The van der Waals surface area contributed by atoms with Crippen LogP contribution in [-0.4, -0.2) is 16.5 Å². The molecule has 0 spiro atoms. The molecule has 20 heavy (non-hydrogen) atoms. The third-order valence-corrected chi connectivity index (χ3v) is 3.60. The minimum Gasteiger partial charge on any atom is -0.367 e. The van der Waals surface area contributed by atoms with E-state index in [1.807, 2.05) is 18.2 Å². The van der Waals surface area contributed by atoms with Crippen molar-refractivity contribution in [3.8, 4) is 6.07 Å². The molecular formula is C15H15BrN4. The first-order valence-corrected chi connectivity index (χ1v) is 7.03. The molecule has 2 rings (SSSR count). The smallest absolute Gasteiger partial charge is 0.182 e. The van der Waals surface area contributed by atoms with E-state index in [0.717, 1.165) is 4.47 Å². The summed E-state index contributed by atoms with van der Waals surface area (Å²) in [5.41, 5.74) is 1.44. The Morgan fingerprint density at radius 3 is 2.75 bits per heavy atom. The molecular weight excluding hydrogens is 316 g/mol. The van der Waals surface area contributed by atoms with E-state index in [1.54, 1.807) is 6.20 Å². The lowest BCUT2D eigenvalue weighted by molar-refractivity contribution is 0.555. The summed E-state index contributed by atoms with van der Waals surface area (Å²) >= 11 is 3.49. The molecule has 0 radical (unpaired) electrons. The number of nitrogens with zero attached hydrogens (tertiary/aromatic N) is 3. The molecule has 0 aliphatic heterocycles. The molecule has 0 saturated carbocycles. The lowest BCUT2D eigenvalue weighted by Gasteiger charge is -2.26. The van der Waals surface area contributed by atoms with Gasteiger partial charge < -0.3 is 5.32 Å². The predicted octanol–water partition coefficient (Wildman–Crippen LogP) is 3.50. The molecule has 1 heterocycles. The Hall–Kier alpha value is -1.93. The number of nitrogens with one attached hydrogen (secondary N) is 1. The normalized spacial score (nSPS) is 10.9. The molecule has 0 aliphatic rings. The van der Waals surface area contributed by atoms with Crippen LogP contribution in [-0.2, 0) is 5.41 Å². The van der Waals surface area contributed by atoms with Gasteiger partial charge >= 0.3 is 0 Å². The summed E-state index contributed by atoms with van der Waals surface area (Å²) in [6.45, 7) is 4.95. The van der Waals surface area contributed by atoms with E-state index in [-0.39, 0.29) is 5.41 Å². The van der Waals surface area contributed by atoms with Crippen LogP contribution in [0.1, 0.15) is 25.1 Å². The fourth-order valence-corrected chi connectivity index (χ4v) is 2.26. The van der Waals surface area contributed by atoms with Gasteiger partial charge in [0, 0.05) is 28.8 Å². The van der Waals surface area contributed by atoms with Crippen molar-refractivity contribution in [3.05, 3.63) is 52.4 Å². The zero-order valence-electron chi connectivity index (χ0n) is 11.4. The van der Waals surface area contributed by atoms with Crippen LogP contribution in [0.4, 0.5) is 5.82 Å². The third kappa shape index (κ3) is 3.34. The SMILES string of the molecule is CC(C)(CNc1nccnc1C#N)c1cccc(Br)c1. The second-order valence-electron chi connectivity index (χ2n) is 5.11. The van der Waals surface area contributed by atoms with E-state index < -0.39 is 0 Å². The number of benzene rings is 1. The molecule has 2 aromatic rings. The van der Waals surface area contributed by atoms with Gasteiger partial charge in [-0.15, -0.1) is 0 Å². The average molecular weight is 331 g/mol. The summed E-state index contributed by atoms with van der Waals surface area (Å²) in [5, 5.41) is 12.2. The van der Waals surface area contributed by atoms with Gasteiger partial charge in [0.25, 0.3) is 0 Å². The van der Waals surface area contributed by atoms with Crippen LogP contribution in [0, 0.1) is 11.3 Å². The van der Waals surface area contributed by atoms with Crippen molar-refractivity contribution in [1.29, 1.82) is 5.26 Å². The number of rotatable bonds is 4. The van der Waals surface area contributed by atoms with Crippen LogP contribution in [0.2, 0.25) is 0 Å². The number of nitriles is 1. The molecule has 0 amide bonds. The Morgan fingerprint density at radius 2 is 2.05 bits per heavy atom. The molecule has 0 fully saturated rings. The maximum absolute atomic E-state index is 9.00. The molecule has 0 bridgehead atoms. The molecule has 0 unspecified atom stereocenters. The highest BCUT2D eigenvalue weighted by molar-refractivity contribution is 9.10. The summed E-state index contributed by atoms with van der Waals surface area (Å²) in [4.78, 5) is 8.15. The lowest BCUT2D eigenvalue weighted by Crippen LogP contribution is -2.28. The quantitative estimate of drug-likeness (QED) is 0.931. The van der Waals surface area contributed by atoms with E-state index in [9.17, 15) is 0 Å². The second kappa shape index (κ2) is 6.02. The van der Waals surface area contributed by atoms with Crippen molar-refractivity contribution >= 4 is 21.7 Å². The van der Waals surface area contributed by atoms with Crippen LogP contribution >= 0.6 is 15.9 Å². The van der Waals surface area contributed by atoms with Gasteiger partial charge in [-0.3, -0.25) is 0 Å². The maximum Gasteiger partial charge on any atom is 0.182 e. The summed E-state index contributed by atoms with van der Waals surface area (Å²) in [6, 6.07) is 10.3. The number of hydrogen-bond donors (Lipinski definition) is 1. The first-order chi connectivity index (χ1) is 9.53. The Labute approximate surface area is 127 Å². The molecule has 102 valence electrons. The Bertz CT molecular complexity index is 646. The lowest BCUT2D eigenvalue weighted by atomic mass is 9.84. The van der Waals surface area contributed by atoms with Gasteiger partial charge in [-0.1, -0.05) is 41.9 Å². The Kier molecular flexibility index (Phi) is 4.35. The van der Waals surface area contributed by atoms with Gasteiger partial charge in [-0.05, 0) is 17.7 Å². The molecule has 1 aromatic carbocycles. The van der Waals surface area contributed by atoms with Gasteiger partial charge in [-0.25, -0.2) is 9.97 Å². The summed E-state index contributed by atoms with van der Waals surface area (Å²) in [6.07, 6.45) is 3.10. The van der Waals surface area contributed by atoms with Gasteiger partial charge in [0.1, 0.15) is 6.07 Å². The van der Waals surface area contributed by atoms with Crippen molar-refractivity contribution < 1.29 is 0 Å². The van der Waals surface area contributed by atoms with Crippen LogP contribution in [0.15, 0.2) is 41.1 Å². The van der Waals surface area contributed by atoms with Crippen molar-refractivity contribution in [3.63, 3.8) is 0 Å². The topological polar surface area (TPSA) is 61.6 Å². The van der Waals surface area contributed by atoms with Crippen molar-refractivity contribution in [2.75, 3.05) is 11.9 Å². The highest BCUT2D eigenvalue weighted by Crippen LogP contribution is 2.26. The minimum atomic E-state index is -0.0893. The maximum atomic E-state index is 9.00. The molecule has 4 nitrogen and oxygen atoms in total. The zero-order valence-corrected chi connectivity index (χ0v) is 13.0. The van der Waals surface area contributed by atoms with Crippen LogP contribution in [0.25, 0.3) is 0 Å². The monoisotopic (exact) mass is 330 g/mol. The second-order valence-corrected chi connectivity index (χ2v) is 6.03. The van der Waals surface area contributed by atoms with Crippen LogP contribution < -0.4 is 5.32 Å². The van der Waals surface area contributed by atoms with Gasteiger partial charge in [0.05, 0.1) is 0 Å². The molecule has 5 heteroatoms. The molecule has 0 saturated heterocycles. The number of hydrogen-bond acceptors (Lipinski definition) is 4. The van der Waals surface area contributed by atoms with E-state index in [1.165, 1.54) is 11.8 Å². The van der Waals surface area contributed by atoms with Crippen LogP contribution in [0.5, 0.6) is 0 Å².